The molecule has 0 amide bonds. The molecule has 2 rings (SSSR count). The first kappa shape index (κ1) is 10.2. The lowest BCUT2D eigenvalue weighted by Gasteiger charge is -2.20. The topological polar surface area (TPSA) is 0 Å². The van der Waals surface area contributed by atoms with Crippen LogP contribution in [0.1, 0.15) is 25.8 Å². The smallest absolute Gasteiger partial charge is 0.0171 e. The Labute approximate surface area is 88.5 Å². The van der Waals surface area contributed by atoms with Gasteiger partial charge in [0.2, 0.25) is 0 Å². The van der Waals surface area contributed by atoms with Gasteiger partial charge in [-0.3, -0.25) is 0 Å². The monoisotopic (exact) mass is 206 g/mol. The van der Waals surface area contributed by atoms with Crippen molar-refractivity contribution in [3.05, 3.63) is 29.8 Å². The van der Waals surface area contributed by atoms with E-state index >= 15 is 0 Å². The molecule has 0 radical (unpaired) electrons. The third-order valence-electron chi connectivity index (χ3n) is 3.57. The van der Waals surface area contributed by atoms with Crippen LogP contribution in [0.2, 0.25) is 0 Å². The Morgan fingerprint density at radius 2 is 1.93 bits per heavy atom. The summed E-state index contributed by atoms with van der Waals surface area (Å²) in [6.45, 7) is 7.11. The molecular weight excluding hydrogens is 187 g/mol. The van der Waals surface area contributed by atoms with E-state index < -0.39 is 0 Å². The predicted molar refractivity (Wildman–Crippen MR) is 65.8 cm³/mol. The lowest BCUT2D eigenvalue weighted by Crippen LogP contribution is -2.13. The third-order valence-corrected chi connectivity index (χ3v) is 6.92. The van der Waals surface area contributed by atoms with E-state index in [0.717, 1.165) is 11.6 Å². The minimum atomic E-state index is 0.138. The second-order valence-electron chi connectivity index (χ2n) is 4.49. The average Bonchev–Trinajstić information content (AvgIpc) is 2.49. The Kier molecular flexibility index (Phi) is 2.93. The standard InChI is InChI=1S/C13H19P/c1-10-8-9-14(12(10)3)13-7-5-4-6-11(13)2/h4-7,10,12H,8-9H2,1-3H3. The number of benzene rings is 1. The van der Waals surface area contributed by atoms with Gasteiger partial charge in [-0.1, -0.05) is 46.0 Å². The van der Waals surface area contributed by atoms with Crippen molar-refractivity contribution in [2.45, 2.75) is 32.9 Å². The summed E-state index contributed by atoms with van der Waals surface area (Å²) in [5.41, 5.74) is 2.42. The summed E-state index contributed by atoms with van der Waals surface area (Å²) < 4.78 is 0. The summed E-state index contributed by atoms with van der Waals surface area (Å²) in [4.78, 5) is 0. The second kappa shape index (κ2) is 4.03. The van der Waals surface area contributed by atoms with Crippen LogP contribution in [0, 0.1) is 12.8 Å². The van der Waals surface area contributed by atoms with Crippen LogP contribution in [-0.2, 0) is 0 Å². The van der Waals surface area contributed by atoms with Gasteiger partial charge in [-0.15, -0.1) is 0 Å². The molecule has 76 valence electrons. The zero-order chi connectivity index (χ0) is 10.1. The Morgan fingerprint density at radius 3 is 2.50 bits per heavy atom. The summed E-state index contributed by atoms with van der Waals surface area (Å²) in [7, 11) is 0.138. The van der Waals surface area contributed by atoms with Crippen LogP contribution >= 0.6 is 7.92 Å². The second-order valence-corrected chi connectivity index (χ2v) is 7.17. The lowest BCUT2D eigenvalue weighted by atomic mass is 10.1. The SMILES string of the molecule is Cc1ccccc1P1CCC(C)C1C. The predicted octanol–water partition coefficient (Wildman–Crippen LogP) is 3.53. The first-order valence-corrected chi connectivity index (χ1v) is 7.12. The zero-order valence-electron chi connectivity index (χ0n) is 9.33. The number of aryl methyl sites for hydroxylation is 1. The molecule has 1 aliphatic heterocycles. The Balaban J connectivity index is 2.28. The molecular formula is C13H19P. The molecule has 0 spiro atoms. The van der Waals surface area contributed by atoms with Crippen LogP contribution in [-0.4, -0.2) is 11.8 Å². The van der Waals surface area contributed by atoms with Crippen molar-refractivity contribution in [3.63, 3.8) is 0 Å². The fourth-order valence-electron chi connectivity index (χ4n) is 2.32. The van der Waals surface area contributed by atoms with Crippen molar-refractivity contribution in [2.24, 2.45) is 5.92 Å². The van der Waals surface area contributed by atoms with Crippen molar-refractivity contribution in [1.29, 1.82) is 0 Å². The normalized spacial score (nSPS) is 32.1. The third kappa shape index (κ3) is 1.73. The number of hydrogen-bond donors (Lipinski definition) is 0. The summed E-state index contributed by atoms with van der Waals surface area (Å²) in [6, 6.07) is 8.95. The van der Waals surface area contributed by atoms with Gasteiger partial charge in [0.1, 0.15) is 0 Å². The van der Waals surface area contributed by atoms with Gasteiger partial charge in [-0.25, -0.2) is 0 Å². The van der Waals surface area contributed by atoms with Crippen LogP contribution < -0.4 is 5.30 Å². The van der Waals surface area contributed by atoms with Crippen molar-refractivity contribution >= 4 is 13.2 Å². The highest BCUT2D eigenvalue weighted by Gasteiger charge is 2.30. The molecule has 3 unspecified atom stereocenters. The maximum atomic E-state index is 2.44. The van der Waals surface area contributed by atoms with Gasteiger partial charge >= 0.3 is 0 Å². The lowest BCUT2D eigenvalue weighted by molar-refractivity contribution is 0.588. The molecule has 0 saturated carbocycles. The molecule has 0 aromatic heterocycles. The molecule has 1 aromatic rings. The fourth-order valence-corrected chi connectivity index (χ4v) is 5.66. The highest BCUT2D eigenvalue weighted by molar-refractivity contribution is 7.66. The number of rotatable bonds is 1. The van der Waals surface area contributed by atoms with E-state index in [9.17, 15) is 0 Å². The molecule has 0 bridgehead atoms. The van der Waals surface area contributed by atoms with E-state index in [1.165, 1.54) is 18.1 Å². The molecule has 0 aliphatic carbocycles. The van der Waals surface area contributed by atoms with E-state index in [-0.39, 0.29) is 7.92 Å². The van der Waals surface area contributed by atoms with Gasteiger partial charge < -0.3 is 0 Å². The van der Waals surface area contributed by atoms with Gasteiger partial charge in [0.05, 0.1) is 0 Å². The molecule has 1 heterocycles. The van der Waals surface area contributed by atoms with Crippen molar-refractivity contribution < 1.29 is 0 Å². The average molecular weight is 206 g/mol. The van der Waals surface area contributed by atoms with Gasteiger partial charge in [-0.05, 0) is 42.0 Å². The van der Waals surface area contributed by atoms with Crippen molar-refractivity contribution in [2.75, 3.05) is 6.16 Å². The largest absolute Gasteiger partial charge is 0.0718 e. The molecule has 0 nitrogen and oxygen atoms in total. The molecule has 1 heteroatoms. The van der Waals surface area contributed by atoms with Gasteiger partial charge in [0.15, 0.2) is 0 Å². The highest BCUT2D eigenvalue weighted by atomic mass is 31.1. The maximum Gasteiger partial charge on any atom is -0.0171 e. The van der Waals surface area contributed by atoms with E-state index in [4.69, 9.17) is 0 Å². The highest BCUT2D eigenvalue weighted by Crippen LogP contribution is 2.51. The Hall–Kier alpha value is -0.350. The summed E-state index contributed by atoms with van der Waals surface area (Å²) in [5.74, 6) is 0.931. The van der Waals surface area contributed by atoms with Crippen LogP contribution in [0.15, 0.2) is 24.3 Å². The molecule has 1 fully saturated rings. The minimum Gasteiger partial charge on any atom is -0.0718 e. The molecule has 1 saturated heterocycles. The first-order valence-electron chi connectivity index (χ1n) is 5.52. The molecule has 1 aliphatic rings. The quantitative estimate of drug-likeness (QED) is 0.617. The summed E-state index contributed by atoms with van der Waals surface area (Å²) >= 11 is 0. The summed E-state index contributed by atoms with van der Waals surface area (Å²) in [5, 5.41) is 1.65. The van der Waals surface area contributed by atoms with Crippen LogP contribution in [0.25, 0.3) is 0 Å². The Bertz CT molecular complexity index is 319. The zero-order valence-corrected chi connectivity index (χ0v) is 10.2. The van der Waals surface area contributed by atoms with E-state index in [1.807, 2.05) is 0 Å². The number of hydrogen-bond acceptors (Lipinski definition) is 0. The van der Waals surface area contributed by atoms with Crippen molar-refractivity contribution in [3.8, 4) is 0 Å². The van der Waals surface area contributed by atoms with Gasteiger partial charge in [0.25, 0.3) is 0 Å². The van der Waals surface area contributed by atoms with Gasteiger partial charge in [0, 0.05) is 0 Å². The molecule has 0 N–H and O–H groups in total. The van der Waals surface area contributed by atoms with E-state index in [2.05, 4.69) is 45.0 Å². The van der Waals surface area contributed by atoms with Crippen molar-refractivity contribution in [1.82, 2.24) is 0 Å². The molecule has 3 atom stereocenters. The maximum absolute atomic E-state index is 2.44. The van der Waals surface area contributed by atoms with Gasteiger partial charge in [-0.2, -0.15) is 0 Å². The fraction of sp³-hybridized carbons (Fsp3) is 0.538. The minimum absolute atomic E-state index is 0.138. The van der Waals surface area contributed by atoms with E-state index in [1.54, 1.807) is 5.30 Å². The summed E-state index contributed by atoms with van der Waals surface area (Å²) in [6.07, 6.45) is 2.88. The Morgan fingerprint density at radius 1 is 1.21 bits per heavy atom. The first-order chi connectivity index (χ1) is 6.70. The van der Waals surface area contributed by atoms with E-state index in [0.29, 0.717) is 0 Å². The molecule has 14 heavy (non-hydrogen) atoms. The van der Waals surface area contributed by atoms with Crippen LogP contribution in [0.4, 0.5) is 0 Å². The van der Waals surface area contributed by atoms with Crippen LogP contribution in [0.5, 0.6) is 0 Å². The molecule has 1 aromatic carbocycles. The van der Waals surface area contributed by atoms with Crippen LogP contribution in [0.3, 0.4) is 0 Å².